The first-order valence-corrected chi connectivity index (χ1v) is 7.25. The second-order valence-corrected chi connectivity index (χ2v) is 5.25. The van der Waals surface area contributed by atoms with E-state index in [0.29, 0.717) is 34.9 Å². The molecule has 8 nitrogen and oxygen atoms in total. The highest BCUT2D eigenvalue weighted by Gasteiger charge is 2.29. The van der Waals surface area contributed by atoms with Gasteiger partial charge in [0, 0.05) is 12.6 Å². The molecule has 23 heavy (non-hydrogen) atoms. The van der Waals surface area contributed by atoms with Gasteiger partial charge in [0.15, 0.2) is 11.5 Å². The highest BCUT2D eigenvalue weighted by molar-refractivity contribution is 6.32. The van der Waals surface area contributed by atoms with Gasteiger partial charge in [-0.05, 0) is 12.1 Å². The summed E-state index contributed by atoms with van der Waals surface area (Å²) >= 11 is 6.15. The van der Waals surface area contributed by atoms with Crippen LogP contribution in [-0.2, 0) is 9.53 Å². The Labute approximate surface area is 135 Å². The van der Waals surface area contributed by atoms with E-state index in [0.717, 1.165) is 0 Å². The average Bonchev–Trinajstić information content (AvgIpc) is 3.15. The Balaban J connectivity index is 1.78. The number of aromatic nitrogens is 5. The molecule has 116 valence electrons. The average molecular weight is 332 g/mol. The Hall–Kier alpha value is -2.74. The monoisotopic (exact) mass is 331 g/mol. The molecule has 1 aliphatic rings. The normalized spacial score (nSPS) is 17.4. The molecule has 4 rings (SSSR count). The topological polar surface area (TPSA) is 92.0 Å². The number of ether oxygens (including phenoxy) is 2. The Kier molecular flexibility index (Phi) is 3.30. The van der Waals surface area contributed by atoms with Gasteiger partial charge in [-0.3, -0.25) is 0 Å². The number of carbonyl (C=O) groups excluding carboxylic acids is 1. The fourth-order valence-corrected chi connectivity index (χ4v) is 2.53. The molecule has 3 aromatic heterocycles. The molecule has 4 heterocycles. The zero-order valence-corrected chi connectivity index (χ0v) is 12.5. The number of carbonyl (C=O) groups is 1. The van der Waals surface area contributed by atoms with Gasteiger partial charge < -0.3 is 9.47 Å². The Morgan fingerprint density at radius 3 is 3.04 bits per heavy atom. The molecule has 0 bridgehead atoms. The van der Waals surface area contributed by atoms with E-state index in [1.807, 2.05) is 0 Å². The van der Waals surface area contributed by atoms with Crippen molar-refractivity contribution in [3.8, 4) is 11.7 Å². The summed E-state index contributed by atoms with van der Waals surface area (Å²) in [4.78, 5) is 24.1. The van der Waals surface area contributed by atoms with Crippen LogP contribution < -0.4 is 4.74 Å². The van der Waals surface area contributed by atoms with Gasteiger partial charge >= 0.3 is 5.97 Å². The van der Waals surface area contributed by atoms with Gasteiger partial charge in [0.25, 0.3) is 0 Å². The molecule has 0 radical (unpaired) electrons. The third-order valence-corrected chi connectivity index (χ3v) is 3.71. The highest BCUT2D eigenvalue weighted by atomic mass is 35.5. The molecule has 0 aromatic carbocycles. The number of hydrogen-bond acceptors (Lipinski definition) is 7. The van der Waals surface area contributed by atoms with E-state index in [2.05, 4.69) is 20.1 Å². The summed E-state index contributed by atoms with van der Waals surface area (Å²) in [7, 11) is 0. The largest absolute Gasteiger partial charge is 0.463 e. The van der Waals surface area contributed by atoms with Gasteiger partial charge in [-0.2, -0.15) is 9.78 Å². The Morgan fingerprint density at radius 2 is 2.26 bits per heavy atom. The van der Waals surface area contributed by atoms with Crippen molar-refractivity contribution in [3.63, 3.8) is 0 Å². The van der Waals surface area contributed by atoms with Crippen LogP contribution in [0.25, 0.3) is 16.9 Å². The number of halogens is 1. The van der Waals surface area contributed by atoms with Crippen molar-refractivity contribution < 1.29 is 14.3 Å². The minimum atomic E-state index is -0.658. The molecule has 0 spiro atoms. The lowest BCUT2D eigenvalue weighted by Crippen LogP contribution is -2.22. The maximum Gasteiger partial charge on any atom is 0.347 e. The zero-order valence-electron chi connectivity index (χ0n) is 11.7. The lowest BCUT2D eigenvalue weighted by atomic mass is 10.3. The standard InChI is InChI=1S/C14H10ClN5O3/c15-9-2-1-4-16-12(9)20-11-8(6-19-20)13(18-7-17-11)23-10-3-5-22-14(10)21/h1-2,4,6-7,10H,3,5H2/t10-/m0/s1. The third-order valence-electron chi connectivity index (χ3n) is 3.41. The van der Waals surface area contributed by atoms with Crippen molar-refractivity contribution in [3.05, 3.63) is 35.9 Å². The number of esters is 1. The summed E-state index contributed by atoms with van der Waals surface area (Å²) < 4.78 is 12.0. The molecule has 1 atom stereocenters. The van der Waals surface area contributed by atoms with E-state index in [4.69, 9.17) is 21.1 Å². The molecule has 0 amide bonds. The highest BCUT2D eigenvalue weighted by Crippen LogP contribution is 2.27. The van der Waals surface area contributed by atoms with Gasteiger partial charge in [-0.15, -0.1) is 0 Å². The summed E-state index contributed by atoms with van der Waals surface area (Å²) in [5.41, 5.74) is 0.488. The second-order valence-electron chi connectivity index (χ2n) is 4.84. The first-order valence-electron chi connectivity index (χ1n) is 6.87. The molecular weight excluding hydrogens is 322 g/mol. The van der Waals surface area contributed by atoms with Crippen molar-refractivity contribution in [2.45, 2.75) is 12.5 Å². The predicted octanol–water partition coefficient (Wildman–Crippen LogP) is 1.56. The van der Waals surface area contributed by atoms with Gasteiger partial charge in [0.2, 0.25) is 12.0 Å². The number of nitrogens with zero attached hydrogens (tertiary/aromatic N) is 5. The van der Waals surface area contributed by atoms with Gasteiger partial charge in [-0.1, -0.05) is 11.6 Å². The SMILES string of the molecule is O=C1OCC[C@@H]1Oc1ncnc2c1cnn2-c1ncccc1Cl. The van der Waals surface area contributed by atoms with Crippen LogP contribution in [0, 0.1) is 0 Å². The van der Waals surface area contributed by atoms with Crippen molar-refractivity contribution >= 4 is 28.6 Å². The van der Waals surface area contributed by atoms with E-state index in [1.54, 1.807) is 24.5 Å². The summed E-state index contributed by atoms with van der Waals surface area (Å²) in [5, 5.41) is 5.26. The Bertz CT molecular complexity index is 897. The van der Waals surface area contributed by atoms with Crippen molar-refractivity contribution in [1.82, 2.24) is 24.7 Å². The lowest BCUT2D eigenvalue weighted by Gasteiger charge is -2.09. The molecule has 0 aliphatic carbocycles. The first-order chi connectivity index (χ1) is 11.2. The van der Waals surface area contributed by atoms with E-state index in [1.165, 1.54) is 11.0 Å². The molecule has 0 saturated carbocycles. The van der Waals surface area contributed by atoms with Crippen LogP contribution in [0.3, 0.4) is 0 Å². The van der Waals surface area contributed by atoms with Gasteiger partial charge in [0.1, 0.15) is 11.7 Å². The molecule has 3 aromatic rings. The maximum atomic E-state index is 11.5. The minimum absolute atomic E-state index is 0.275. The van der Waals surface area contributed by atoms with E-state index in [-0.39, 0.29) is 5.88 Å². The molecule has 0 N–H and O–H groups in total. The first kappa shape index (κ1) is 13.9. The van der Waals surface area contributed by atoms with Crippen LogP contribution in [-0.4, -0.2) is 43.4 Å². The van der Waals surface area contributed by atoms with Gasteiger partial charge in [0.05, 0.1) is 17.8 Å². The van der Waals surface area contributed by atoms with Crippen molar-refractivity contribution in [2.24, 2.45) is 0 Å². The fourth-order valence-electron chi connectivity index (χ4n) is 2.32. The van der Waals surface area contributed by atoms with E-state index >= 15 is 0 Å². The molecule has 1 fully saturated rings. The van der Waals surface area contributed by atoms with Crippen LogP contribution in [0.2, 0.25) is 5.02 Å². The second kappa shape index (κ2) is 5.47. The van der Waals surface area contributed by atoms with E-state index in [9.17, 15) is 4.79 Å². The summed E-state index contributed by atoms with van der Waals surface area (Å²) in [6.45, 7) is 0.348. The summed E-state index contributed by atoms with van der Waals surface area (Å²) in [6, 6.07) is 3.44. The van der Waals surface area contributed by atoms with E-state index < -0.39 is 12.1 Å². The smallest absolute Gasteiger partial charge is 0.347 e. The van der Waals surface area contributed by atoms with Crippen LogP contribution in [0.4, 0.5) is 0 Å². The number of pyridine rings is 1. The molecule has 1 aliphatic heterocycles. The third kappa shape index (κ3) is 2.36. The molecule has 0 unspecified atom stereocenters. The molecule has 9 heteroatoms. The fraction of sp³-hybridized carbons (Fsp3) is 0.214. The minimum Gasteiger partial charge on any atom is -0.463 e. The van der Waals surface area contributed by atoms with Crippen LogP contribution in [0.1, 0.15) is 6.42 Å². The molecular formula is C14H10ClN5O3. The number of rotatable bonds is 3. The molecule has 1 saturated heterocycles. The number of fused-ring (bicyclic) bond motifs is 1. The quantitative estimate of drug-likeness (QED) is 0.672. The van der Waals surface area contributed by atoms with Crippen molar-refractivity contribution in [1.29, 1.82) is 0 Å². The summed E-state index contributed by atoms with van der Waals surface area (Å²) in [5.74, 6) is 0.336. The number of hydrogen-bond donors (Lipinski definition) is 0. The summed E-state index contributed by atoms with van der Waals surface area (Å²) in [6.07, 6.45) is 4.34. The lowest BCUT2D eigenvalue weighted by molar-refractivity contribution is -0.143. The van der Waals surface area contributed by atoms with Crippen LogP contribution >= 0.6 is 11.6 Å². The van der Waals surface area contributed by atoms with Crippen LogP contribution in [0.15, 0.2) is 30.9 Å². The van der Waals surface area contributed by atoms with Crippen LogP contribution in [0.5, 0.6) is 5.88 Å². The van der Waals surface area contributed by atoms with Gasteiger partial charge in [-0.25, -0.2) is 19.7 Å². The Morgan fingerprint density at radius 1 is 1.35 bits per heavy atom. The predicted molar refractivity (Wildman–Crippen MR) is 79.5 cm³/mol. The number of cyclic esters (lactones) is 1. The zero-order chi connectivity index (χ0) is 15.8. The maximum absolute atomic E-state index is 11.5. The van der Waals surface area contributed by atoms with Crippen molar-refractivity contribution in [2.75, 3.05) is 6.61 Å².